The molecule has 1 aliphatic carbocycles. The van der Waals surface area contributed by atoms with Crippen molar-refractivity contribution in [1.82, 2.24) is 5.32 Å². The summed E-state index contributed by atoms with van der Waals surface area (Å²) in [5.41, 5.74) is 1.75. The fourth-order valence-electron chi connectivity index (χ4n) is 2.09. The summed E-state index contributed by atoms with van der Waals surface area (Å²) in [6.07, 6.45) is 3.79. The highest BCUT2D eigenvalue weighted by Crippen LogP contribution is 2.29. The molecule has 92 valence electrons. The maximum Gasteiger partial charge on any atom is 0.251 e. The summed E-state index contributed by atoms with van der Waals surface area (Å²) in [4.78, 5) is 12.0. The van der Waals surface area contributed by atoms with Crippen molar-refractivity contribution < 1.29 is 4.79 Å². The first kappa shape index (κ1) is 12.4. The molecule has 1 N–H and O–H groups in total. The third-order valence-electron chi connectivity index (χ3n) is 3.59. The van der Waals surface area contributed by atoms with Gasteiger partial charge in [-0.3, -0.25) is 4.79 Å². The molecule has 0 bridgehead atoms. The van der Waals surface area contributed by atoms with E-state index < -0.39 is 0 Å². The van der Waals surface area contributed by atoms with Crippen LogP contribution in [0.2, 0.25) is 0 Å². The highest BCUT2D eigenvalue weighted by Gasteiger charge is 2.25. The third kappa shape index (κ3) is 3.01. The fraction of sp³-hybridized carbons (Fsp3) is 0.500. The van der Waals surface area contributed by atoms with E-state index in [9.17, 15) is 4.79 Å². The molecule has 1 amide bonds. The van der Waals surface area contributed by atoms with Gasteiger partial charge < -0.3 is 5.32 Å². The van der Waals surface area contributed by atoms with Crippen LogP contribution >= 0.6 is 11.6 Å². The number of nitrogens with one attached hydrogen (secondary N) is 1. The second-order valence-corrected chi connectivity index (χ2v) is 5.05. The van der Waals surface area contributed by atoms with Gasteiger partial charge in [0.25, 0.3) is 5.91 Å². The van der Waals surface area contributed by atoms with E-state index in [2.05, 4.69) is 12.2 Å². The van der Waals surface area contributed by atoms with E-state index in [1.165, 1.54) is 19.3 Å². The summed E-state index contributed by atoms with van der Waals surface area (Å²) in [6, 6.07) is 7.75. The van der Waals surface area contributed by atoms with E-state index in [4.69, 9.17) is 11.6 Å². The van der Waals surface area contributed by atoms with Crippen LogP contribution in [0.3, 0.4) is 0 Å². The van der Waals surface area contributed by atoms with Gasteiger partial charge in [0.05, 0.1) is 0 Å². The third-order valence-corrected chi connectivity index (χ3v) is 3.89. The fourth-order valence-corrected chi connectivity index (χ4v) is 2.27. The second-order valence-electron chi connectivity index (χ2n) is 4.78. The Hall–Kier alpha value is -1.02. The number of alkyl halides is 1. The van der Waals surface area contributed by atoms with E-state index in [0.29, 0.717) is 17.4 Å². The molecule has 1 aliphatic rings. The Balaban J connectivity index is 1.93. The van der Waals surface area contributed by atoms with Crippen molar-refractivity contribution in [3.63, 3.8) is 0 Å². The molecule has 0 heterocycles. The average Bonchev–Trinajstić information content (AvgIpc) is 2.26. The van der Waals surface area contributed by atoms with Crippen LogP contribution in [0.1, 0.15) is 42.1 Å². The zero-order valence-electron chi connectivity index (χ0n) is 10.1. The zero-order chi connectivity index (χ0) is 12.3. The summed E-state index contributed by atoms with van der Waals surface area (Å²) in [7, 11) is 0. The van der Waals surface area contributed by atoms with E-state index in [0.717, 1.165) is 5.56 Å². The monoisotopic (exact) mass is 251 g/mol. The second kappa shape index (κ2) is 5.54. The van der Waals surface area contributed by atoms with E-state index >= 15 is 0 Å². The smallest absolute Gasteiger partial charge is 0.251 e. The van der Waals surface area contributed by atoms with Gasteiger partial charge in [0.1, 0.15) is 0 Å². The standard InChI is InChI=1S/C14H18ClNO/c1-10(12-3-2-4-12)16-14(17)13-7-5-11(9-15)6-8-13/h5-8,10,12H,2-4,9H2,1H3,(H,16,17). The molecule has 1 fully saturated rings. The van der Waals surface area contributed by atoms with Crippen molar-refractivity contribution in [3.05, 3.63) is 35.4 Å². The molecule has 1 atom stereocenters. The molecule has 0 aromatic heterocycles. The van der Waals surface area contributed by atoms with Gasteiger partial charge in [-0.15, -0.1) is 11.6 Å². The van der Waals surface area contributed by atoms with Crippen molar-refractivity contribution in [2.24, 2.45) is 5.92 Å². The summed E-state index contributed by atoms with van der Waals surface area (Å²) in [6.45, 7) is 2.09. The van der Waals surface area contributed by atoms with E-state index in [1.807, 2.05) is 24.3 Å². The molecule has 0 saturated heterocycles. The molecule has 2 rings (SSSR count). The van der Waals surface area contributed by atoms with Crippen LogP contribution in [0, 0.1) is 5.92 Å². The van der Waals surface area contributed by atoms with Crippen LogP contribution in [-0.2, 0) is 5.88 Å². The summed E-state index contributed by atoms with van der Waals surface area (Å²) in [5, 5.41) is 3.06. The maximum atomic E-state index is 12.0. The van der Waals surface area contributed by atoms with Gasteiger partial charge in [-0.1, -0.05) is 18.6 Å². The lowest BCUT2D eigenvalue weighted by Gasteiger charge is -2.31. The lowest BCUT2D eigenvalue weighted by atomic mass is 9.80. The van der Waals surface area contributed by atoms with Crippen molar-refractivity contribution in [2.75, 3.05) is 0 Å². The number of carbonyl (C=O) groups excluding carboxylic acids is 1. The van der Waals surface area contributed by atoms with Crippen LogP contribution in [0.5, 0.6) is 0 Å². The Morgan fingerprint density at radius 1 is 1.41 bits per heavy atom. The lowest BCUT2D eigenvalue weighted by Crippen LogP contribution is -2.40. The number of hydrogen-bond acceptors (Lipinski definition) is 1. The molecule has 2 nitrogen and oxygen atoms in total. The van der Waals surface area contributed by atoms with Gasteiger partial charge in [0.15, 0.2) is 0 Å². The Labute approximate surface area is 107 Å². The molecular formula is C14H18ClNO. The van der Waals surface area contributed by atoms with Gasteiger partial charge in [-0.2, -0.15) is 0 Å². The SMILES string of the molecule is CC(NC(=O)c1ccc(CCl)cc1)C1CCC1. The average molecular weight is 252 g/mol. The molecular weight excluding hydrogens is 234 g/mol. The molecule has 1 aromatic rings. The number of hydrogen-bond donors (Lipinski definition) is 1. The highest BCUT2D eigenvalue weighted by atomic mass is 35.5. The first-order valence-corrected chi connectivity index (χ1v) is 6.70. The van der Waals surface area contributed by atoms with Crippen molar-refractivity contribution >= 4 is 17.5 Å². The minimum Gasteiger partial charge on any atom is -0.349 e. The van der Waals surface area contributed by atoms with Crippen LogP contribution in [0.4, 0.5) is 0 Å². The molecule has 17 heavy (non-hydrogen) atoms. The van der Waals surface area contributed by atoms with Crippen LogP contribution < -0.4 is 5.32 Å². The number of halogens is 1. The minimum absolute atomic E-state index is 0.0190. The summed E-state index contributed by atoms with van der Waals surface area (Å²) >= 11 is 5.71. The minimum atomic E-state index is 0.0190. The number of carbonyl (C=O) groups is 1. The molecule has 0 spiro atoms. The summed E-state index contributed by atoms with van der Waals surface area (Å²) in [5.74, 6) is 1.17. The van der Waals surface area contributed by atoms with Gasteiger partial charge in [0, 0.05) is 17.5 Å². The Kier molecular flexibility index (Phi) is 4.06. The largest absolute Gasteiger partial charge is 0.349 e. The molecule has 1 unspecified atom stereocenters. The molecule has 0 radical (unpaired) electrons. The number of amides is 1. The van der Waals surface area contributed by atoms with Gasteiger partial charge >= 0.3 is 0 Å². The predicted molar refractivity (Wildman–Crippen MR) is 70.3 cm³/mol. The van der Waals surface area contributed by atoms with Gasteiger partial charge in [-0.05, 0) is 43.4 Å². The molecule has 0 aliphatic heterocycles. The van der Waals surface area contributed by atoms with Crippen molar-refractivity contribution in [2.45, 2.75) is 38.1 Å². The molecule has 3 heteroatoms. The van der Waals surface area contributed by atoms with E-state index in [-0.39, 0.29) is 11.9 Å². The Morgan fingerprint density at radius 3 is 2.53 bits per heavy atom. The van der Waals surface area contributed by atoms with Crippen LogP contribution in [0.15, 0.2) is 24.3 Å². The van der Waals surface area contributed by atoms with Gasteiger partial charge in [-0.25, -0.2) is 0 Å². The quantitative estimate of drug-likeness (QED) is 0.817. The number of rotatable bonds is 4. The Morgan fingerprint density at radius 2 is 2.06 bits per heavy atom. The van der Waals surface area contributed by atoms with Crippen LogP contribution in [0.25, 0.3) is 0 Å². The topological polar surface area (TPSA) is 29.1 Å². The number of benzene rings is 1. The summed E-state index contributed by atoms with van der Waals surface area (Å²) < 4.78 is 0. The lowest BCUT2D eigenvalue weighted by molar-refractivity contribution is 0.0909. The molecule has 1 saturated carbocycles. The highest BCUT2D eigenvalue weighted by molar-refractivity contribution is 6.17. The zero-order valence-corrected chi connectivity index (χ0v) is 10.8. The van der Waals surface area contributed by atoms with Crippen molar-refractivity contribution in [1.29, 1.82) is 0 Å². The van der Waals surface area contributed by atoms with Gasteiger partial charge in [0.2, 0.25) is 0 Å². The Bertz CT molecular complexity index is 384. The van der Waals surface area contributed by atoms with E-state index in [1.54, 1.807) is 0 Å². The predicted octanol–water partition coefficient (Wildman–Crippen LogP) is 3.34. The first-order valence-electron chi connectivity index (χ1n) is 6.16. The first-order chi connectivity index (χ1) is 8.20. The normalized spacial score (nSPS) is 17.3. The maximum absolute atomic E-state index is 12.0. The van der Waals surface area contributed by atoms with Crippen molar-refractivity contribution in [3.8, 4) is 0 Å². The van der Waals surface area contributed by atoms with Crippen LogP contribution in [-0.4, -0.2) is 11.9 Å². The molecule has 1 aromatic carbocycles.